The van der Waals surface area contributed by atoms with Crippen LogP contribution in [0.1, 0.15) is 58.4 Å². The van der Waals surface area contributed by atoms with Crippen LogP contribution < -0.4 is 9.47 Å². The van der Waals surface area contributed by atoms with Gasteiger partial charge in [0.1, 0.15) is 4.32 Å². The summed E-state index contributed by atoms with van der Waals surface area (Å²) in [7, 11) is 0. The average molecular weight is 466 g/mol. The normalized spacial score (nSPS) is 15.2. The number of rotatable bonds is 13. The van der Waals surface area contributed by atoms with Gasteiger partial charge in [0, 0.05) is 13.0 Å². The van der Waals surface area contributed by atoms with Crippen molar-refractivity contribution in [2.75, 3.05) is 19.8 Å². The lowest BCUT2D eigenvalue weighted by Crippen LogP contribution is -2.29. The van der Waals surface area contributed by atoms with Crippen LogP contribution in [-0.4, -0.2) is 46.0 Å². The fourth-order valence-corrected chi connectivity index (χ4v) is 4.28. The molecule has 1 aromatic carbocycles. The smallest absolute Gasteiger partial charge is 0.303 e. The van der Waals surface area contributed by atoms with E-state index in [1.807, 2.05) is 31.2 Å². The van der Waals surface area contributed by atoms with E-state index in [0.717, 1.165) is 24.8 Å². The third-order valence-electron chi connectivity index (χ3n) is 4.66. The highest BCUT2D eigenvalue weighted by Crippen LogP contribution is 2.35. The van der Waals surface area contributed by atoms with E-state index in [9.17, 15) is 9.59 Å². The van der Waals surface area contributed by atoms with Crippen LogP contribution in [0.25, 0.3) is 6.08 Å². The molecule has 0 aliphatic carbocycles. The maximum absolute atomic E-state index is 12.8. The Morgan fingerprint density at radius 3 is 2.68 bits per heavy atom. The van der Waals surface area contributed by atoms with Crippen molar-refractivity contribution in [3.8, 4) is 11.5 Å². The van der Waals surface area contributed by atoms with Crippen LogP contribution in [0.15, 0.2) is 23.1 Å². The molecule has 1 aliphatic heterocycles. The molecule has 170 valence electrons. The third-order valence-corrected chi connectivity index (χ3v) is 6.04. The molecule has 0 bridgehead atoms. The Bertz CT molecular complexity index is 822. The maximum Gasteiger partial charge on any atom is 0.303 e. The molecule has 0 atom stereocenters. The fraction of sp³-hybridized carbons (Fsp3) is 0.522. The zero-order chi connectivity index (χ0) is 22.8. The van der Waals surface area contributed by atoms with Gasteiger partial charge in [-0.1, -0.05) is 50.3 Å². The lowest BCUT2D eigenvalue weighted by molar-refractivity contribution is -0.137. The molecule has 0 unspecified atom stereocenters. The Balaban J connectivity index is 2.03. The van der Waals surface area contributed by atoms with Crippen molar-refractivity contribution in [1.29, 1.82) is 0 Å². The van der Waals surface area contributed by atoms with Gasteiger partial charge in [-0.2, -0.15) is 0 Å². The maximum atomic E-state index is 12.8. The van der Waals surface area contributed by atoms with E-state index in [2.05, 4.69) is 13.8 Å². The number of thioether (sulfide) groups is 1. The number of aliphatic carboxylic acids is 1. The number of benzene rings is 1. The van der Waals surface area contributed by atoms with E-state index in [1.54, 1.807) is 4.90 Å². The lowest BCUT2D eigenvalue weighted by Gasteiger charge is -2.14. The van der Waals surface area contributed by atoms with Crippen LogP contribution in [0.2, 0.25) is 0 Å². The number of amides is 1. The van der Waals surface area contributed by atoms with Gasteiger partial charge in [-0.05, 0) is 55.9 Å². The molecule has 1 aromatic rings. The second kappa shape index (κ2) is 12.7. The molecule has 8 heteroatoms. The van der Waals surface area contributed by atoms with Gasteiger partial charge in [0.05, 0.1) is 18.1 Å². The van der Waals surface area contributed by atoms with Gasteiger partial charge >= 0.3 is 5.97 Å². The van der Waals surface area contributed by atoms with Crippen LogP contribution >= 0.6 is 24.0 Å². The molecule has 0 saturated carbocycles. The Morgan fingerprint density at radius 2 is 2.00 bits per heavy atom. The third kappa shape index (κ3) is 8.18. The topological polar surface area (TPSA) is 76.1 Å². The molecular weight excluding hydrogens is 434 g/mol. The minimum absolute atomic E-state index is 0.108. The second-order valence-electron chi connectivity index (χ2n) is 7.71. The molecule has 1 amide bonds. The van der Waals surface area contributed by atoms with E-state index in [1.165, 1.54) is 11.8 Å². The SMILES string of the molecule is CCOc1cc(/C=C2/SC(=S)N(CCCCCC(=O)O)C2=O)ccc1OCCC(C)C. The van der Waals surface area contributed by atoms with Gasteiger partial charge in [-0.3, -0.25) is 14.5 Å². The largest absolute Gasteiger partial charge is 0.490 e. The van der Waals surface area contributed by atoms with Gasteiger partial charge in [-0.15, -0.1) is 0 Å². The van der Waals surface area contributed by atoms with Gasteiger partial charge in [0.25, 0.3) is 5.91 Å². The predicted octanol–water partition coefficient (Wildman–Crippen LogP) is 5.36. The number of thiocarbonyl (C=S) groups is 1. The van der Waals surface area contributed by atoms with E-state index in [0.29, 0.717) is 52.8 Å². The minimum Gasteiger partial charge on any atom is -0.490 e. The summed E-state index contributed by atoms with van der Waals surface area (Å²) >= 11 is 6.66. The van der Waals surface area contributed by atoms with E-state index < -0.39 is 5.97 Å². The number of carbonyl (C=O) groups is 2. The van der Waals surface area contributed by atoms with Gasteiger partial charge in [0.15, 0.2) is 11.5 Å². The molecule has 1 heterocycles. The minimum atomic E-state index is -0.795. The van der Waals surface area contributed by atoms with E-state index in [4.69, 9.17) is 26.8 Å². The summed E-state index contributed by atoms with van der Waals surface area (Å²) in [5, 5.41) is 8.71. The van der Waals surface area contributed by atoms with Crippen molar-refractivity contribution in [1.82, 2.24) is 4.90 Å². The monoisotopic (exact) mass is 465 g/mol. The summed E-state index contributed by atoms with van der Waals surface area (Å²) in [4.78, 5) is 25.5. The highest BCUT2D eigenvalue weighted by molar-refractivity contribution is 8.26. The molecule has 0 aromatic heterocycles. The number of ether oxygens (including phenoxy) is 2. The Hall–Kier alpha value is -2.06. The van der Waals surface area contributed by atoms with Crippen molar-refractivity contribution in [2.45, 2.75) is 52.9 Å². The van der Waals surface area contributed by atoms with Gasteiger partial charge < -0.3 is 14.6 Å². The van der Waals surface area contributed by atoms with Crippen LogP contribution in [0.5, 0.6) is 11.5 Å². The Kier molecular flexibility index (Phi) is 10.3. The molecular formula is C23H31NO5S2. The number of carboxylic acids is 1. The summed E-state index contributed by atoms with van der Waals surface area (Å²) in [5.74, 6) is 1.02. The first-order valence-electron chi connectivity index (χ1n) is 10.7. The summed E-state index contributed by atoms with van der Waals surface area (Å²) in [6.07, 6.45) is 5.02. The zero-order valence-electron chi connectivity index (χ0n) is 18.4. The van der Waals surface area contributed by atoms with Gasteiger partial charge in [0.2, 0.25) is 0 Å². The van der Waals surface area contributed by atoms with Crippen LogP contribution in [0.4, 0.5) is 0 Å². The first-order chi connectivity index (χ1) is 14.8. The molecule has 31 heavy (non-hydrogen) atoms. The molecule has 0 spiro atoms. The number of carbonyl (C=O) groups excluding carboxylic acids is 1. The standard InChI is InChI=1S/C23H31NO5S2/c1-4-28-19-14-17(9-10-18(19)29-13-11-16(2)3)15-20-22(27)24(23(30)31-20)12-7-5-6-8-21(25)26/h9-10,14-16H,4-8,11-13H2,1-3H3,(H,25,26)/b20-15+. The molecule has 1 N–H and O–H groups in total. The molecule has 1 aliphatic rings. The highest BCUT2D eigenvalue weighted by Gasteiger charge is 2.31. The van der Waals surface area contributed by atoms with Crippen LogP contribution in [0, 0.1) is 5.92 Å². The number of carboxylic acid groups (broad SMARTS) is 1. The van der Waals surface area contributed by atoms with Crippen molar-refractivity contribution >= 4 is 46.3 Å². The summed E-state index contributed by atoms with van der Waals surface area (Å²) in [5.41, 5.74) is 0.849. The van der Waals surface area contributed by atoms with Crippen molar-refractivity contribution in [3.05, 3.63) is 28.7 Å². The molecule has 0 radical (unpaired) electrons. The first kappa shape index (κ1) is 25.2. The van der Waals surface area contributed by atoms with E-state index >= 15 is 0 Å². The lowest BCUT2D eigenvalue weighted by atomic mass is 10.1. The van der Waals surface area contributed by atoms with Crippen LogP contribution in [0.3, 0.4) is 0 Å². The van der Waals surface area contributed by atoms with Crippen molar-refractivity contribution in [3.63, 3.8) is 0 Å². The number of hydrogen-bond donors (Lipinski definition) is 1. The molecule has 2 rings (SSSR count). The van der Waals surface area contributed by atoms with E-state index in [-0.39, 0.29) is 12.3 Å². The molecule has 6 nitrogen and oxygen atoms in total. The highest BCUT2D eigenvalue weighted by atomic mass is 32.2. The Morgan fingerprint density at radius 1 is 1.23 bits per heavy atom. The zero-order valence-corrected chi connectivity index (χ0v) is 20.0. The van der Waals surface area contributed by atoms with Crippen LogP contribution in [-0.2, 0) is 9.59 Å². The van der Waals surface area contributed by atoms with Crippen molar-refractivity contribution < 1.29 is 24.2 Å². The predicted molar refractivity (Wildman–Crippen MR) is 129 cm³/mol. The summed E-state index contributed by atoms with van der Waals surface area (Å²) in [6, 6.07) is 5.67. The molecule has 1 fully saturated rings. The average Bonchev–Trinajstić information content (AvgIpc) is 2.96. The summed E-state index contributed by atoms with van der Waals surface area (Å²) in [6.45, 7) is 7.89. The summed E-state index contributed by atoms with van der Waals surface area (Å²) < 4.78 is 12.1. The fourth-order valence-electron chi connectivity index (χ4n) is 2.97. The number of hydrogen-bond acceptors (Lipinski definition) is 6. The van der Waals surface area contributed by atoms with Crippen molar-refractivity contribution in [2.24, 2.45) is 5.92 Å². The Labute approximate surface area is 194 Å². The number of unbranched alkanes of at least 4 members (excludes halogenated alkanes) is 2. The second-order valence-corrected chi connectivity index (χ2v) is 9.38. The first-order valence-corrected chi connectivity index (χ1v) is 11.9. The quantitative estimate of drug-likeness (QED) is 0.239. The molecule has 1 saturated heterocycles. The van der Waals surface area contributed by atoms with Gasteiger partial charge in [-0.25, -0.2) is 0 Å². The number of nitrogens with zero attached hydrogens (tertiary/aromatic N) is 1.